The number of aromatic nitrogens is 2. The van der Waals surface area contributed by atoms with Crippen LogP contribution in [0.1, 0.15) is 6.42 Å². The van der Waals surface area contributed by atoms with Gasteiger partial charge < -0.3 is 25.2 Å². The topological polar surface area (TPSA) is 107 Å². The van der Waals surface area contributed by atoms with Crippen LogP contribution in [0.2, 0.25) is 0 Å². The number of hydrogen-bond donors (Lipinski definition) is 3. The highest BCUT2D eigenvalue weighted by Gasteiger charge is 2.32. The molecule has 3 N–H and O–H groups in total. The summed E-state index contributed by atoms with van der Waals surface area (Å²) in [5.74, 6) is -0.229. The van der Waals surface area contributed by atoms with Gasteiger partial charge in [-0.1, -0.05) is 6.07 Å². The fourth-order valence-electron chi connectivity index (χ4n) is 2.72. The van der Waals surface area contributed by atoms with Gasteiger partial charge in [-0.2, -0.15) is 0 Å². The fourth-order valence-corrected chi connectivity index (χ4v) is 2.72. The number of nitrogens with one attached hydrogen (secondary N) is 2. The molecule has 28 heavy (non-hydrogen) atoms. The normalized spacial score (nSPS) is 15.5. The molecule has 2 heterocycles. The monoisotopic (exact) mass is 402 g/mol. The van der Waals surface area contributed by atoms with Crippen molar-refractivity contribution in [3.63, 3.8) is 0 Å². The Morgan fingerprint density at radius 1 is 1.21 bits per heavy atom. The summed E-state index contributed by atoms with van der Waals surface area (Å²) in [6, 6.07) is 4.89. The first kappa shape index (κ1) is 19.6. The van der Waals surface area contributed by atoms with Crippen molar-refractivity contribution in [1.82, 2.24) is 9.13 Å². The maximum absolute atomic E-state index is 12.5. The molecule has 0 bridgehead atoms. The van der Waals surface area contributed by atoms with Gasteiger partial charge in [-0.25, -0.2) is 4.79 Å². The van der Waals surface area contributed by atoms with E-state index in [1.807, 2.05) is 0 Å². The van der Waals surface area contributed by atoms with Gasteiger partial charge in [0, 0.05) is 26.3 Å². The highest BCUT2D eigenvalue weighted by atomic mass is 19.4. The van der Waals surface area contributed by atoms with E-state index in [1.165, 1.54) is 23.7 Å². The van der Waals surface area contributed by atoms with E-state index in [-0.39, 0.29) is 36.8 Å². The van der Waals surface area contributed by atoms with Gasteiger partial charge in [-0.05, 0) is 18.6 Å². The Morgan fingerprint density at radius 2 is 1.93 bits per heavy atom. The number of alkyl halides is 3. The van der Waals surface area contributed by atoms with Crippen LogP contribution in [0.25, 0.3) is 0 Å². The highest BCUT2D eigenvalue weighted by molar-refractivity contribution is 5.69. The number of aliphatic hydroxyl groups is 1. The molecular weight excluding hydrogens is 385 g/mol. The number of benzene rings is 1. The first-order valence-electron chi connectivity index (χ1n) is 8.20. The number of fused-ring (bicyclic) bond motifs is 1. The minimum atomic E-state index is -4.84. The maximum atomic E-state index is 12.5. The summed E-state index contributed by atoms with van der Waals surface area (Å²) in [5.41, 5.74) is -1.10. The summed E-state index contributed by atoms with van der Waals surface area (Å²) < 4.78 is 48.5. The van der Waals surface area contributed by atoms with Crippen LogP contribution < -0.4 is 31.4 Å². The predicted molar refractivity (Wildman–Crippen MR) is 92.4 cm³/mol. The van der Waals surface area contributed by atoms with Gasteiger partial charge in [0.25, 0.3) is 5.56 Å². The van der Waals surface area contributed by atoms with Crippen molar-refractivity contribution in [2.75, 3.05) is 17.2 Å². The first-order valence-corrected chi connectivity index (χ1v) is 8.20. The number of halogens is 3. The van der Waals surface area contributed by atoms with Gasteiger partial charge in [0.2, 0.25) is 6.35 Å². The molecule has 2 aromatic rings. The zero-order valence-corrected chi connectivity index (χ0v) is 14.6. The van der Waals surface area contributed by atoms with Crippen LogP contribution in [0.15, 0.2) is 33.9 Å². The third-order valence-electron chi connectivity index (χ3n) is 3.93. The van der Waals surface area contributed by atoms with Gasteiger partial charge in [0.15, 0.2) is 0 Å². The van der Waals surface area contributed by atoms with Crippen molar-refractivity contribution in [1.29, 1.82) is 0 Å². The molecule has 1 unspecified atom stereocenters. The molecule has 152 valence electrons. The Hall–Kier alpha value is -3.15. The third-order valence-corrected chi connectivity index (χ3v) is 3.93. The van der Waals surface area contributed by atoms with E-state index >= 15 is 0 Å². The Labute approximate surface area is 155 Å². The number of aliphatic hydroxyl groups excluding tert-OH is 1. The molecule has 0 fully saturated rings. The van der Waals surface area contributed by atoms with Crippen LogP contribution >= 0.6 is 0 Å². The number of nitrogens with zero attached hydrogens (tertiary/aromatic N) is 2. The van der Waals surface area contributed by atoms with Crippen molar-refractivity contribution >= 4 is 11.5 Å². The molecule has 0 aliphatic carbocycles. The van der Waals surface area contributed by atoms with Gasteiger partial charge in [0.05, 0.1) is 0 Å². The van der Waals surface area contributed by atoms with E-state index in [2.05, 4.69) is 15.4 Å². The quantitative estimate of drug-likeness (QED) is 0.663. The van der Waals surface area contributed by atoms with Crippen LogP contribution in [0.5, 0.6) is 11.5 Å². The number of anilines is 2. The van der Waals surface area contributed by atoms with Crippen molar-refractivity contribution in [2.45, 2.75) is 25.7 Å². The highest BCUT2D eigenvalue weighted by Crippen LogP contribution is 2.29. The molecule has 1 aliphatic heterocycles. The smallest absolute Gasteiger partial charge is 0.452 e. The Morgan fingerprint density at radius 3 is 2.61 bits per heavy atom. The van der Waals surface area contributed by atoms with Gasteiger partial charge >= 0.3 is 12.1 Å². The van der Waals surface area contributed by atoms with Gasteiger partial charge in [0.1, 0.15) is 23.0 Å². The van der Waals surface area contributed by atoms with Crippen LogP contribution in [0.3, 0.4) is 0 Å². The van der Waals surface area contributed by atoms with Gasteiger partial charge in [-0.15, -0.1) is 13.2 Å². The lowest BCUT2D eigenvalue weighted by Gasteiger charge is -2.16. The second kappa shape index (κ2) is 7.46. The second-order valence-corrected chi connectivity index (χ2v) is 5.91. The fraction of sp³-hybridized carbons (Fsp3) is 0.375. The van der Waals surface area contributed by atoms with E-state index in [9.17, 15) is 22.8 Å². The van der Waals surface area contributed by atoms with Crippen molar-refractivity contribution in [3.05, 3.63) is 45.1 Å². The number of rotatable bonds is 6. The summed E-state index contributed by atoms with van der Waals surface area (Å²) in [5, 5.41) is 14.5. The second-order valence-electron chi connectivity index (χ2n) is 5.91. The van der Waals surface area contributed by atoms with E-state index in [0.717, 1.165) is 16.7 Å². The molecule has 0 radical (unpaired) electrons. The van der Waals surface area contributed by atoms with Gasteiger partial charge in [-0.3, -0.25) is 13.9 Å². The van der Waals surface area contributed by atoms with Crippen LogP contribution in [-0.4, -0.2) is 33.6 Å². The molecule has 0 saturated carbocycles. The summed E-state index contributed by atoms with van der Waals surface area (Å²) in [6.45, 7) is -0.139. The standard InChI is InChI=1S/C16H17F3N4O5/c1-22-12-11(13(25)23(15(22)26)6-3-7-24)20-14(21-12)27-9-4-2-5-10(8-9)28-16(17,18)19/h2,4-5,8,14,20-21,24H,3,6-7H2,1H3. The minimum absolute atomic E-state index is 0.0410. The predicted octanol–water partition coefficient (Wildman–Crippen LogP) is 1.03. The molecule has 0 amide bonds. The average Bonchev–Trinajstić information content (AvgIpc) is 3.03. The molecule has 3 rings (SSSR count). The zero-order chi connectivity index (χ0) is 20.5. The first-order chi connectivity index (χ1) is 13.2. The summed E-state index contributed by atoms with van der Waals surface area (Å²) in [6.07, 6.45) is -5.60. The van der Waals surface area contributed by atoms with Crippen LogP contribution in [-0.2, 0) is 13.6 Å². The average molecular weight is 402 g/mol. The number of ether oxygens (including phenoxy) is 2. The molecule has 1 aliphatic rings. The van der Waals surface area contributed by atoms with Crippen molar-refractivity contribution in [2.24, 2.45) is 7.05 Å². The summed E-state index contributed by atoms with van der Waals surface area (Å²) in [4.78, 5) is 24.8. The summed E-state index contributed by atoms with van der Waals surface area (Å²) >= 11 is 0. The Bertz CT molecular complexity index is 986. The maximum Gasteiger partial charge on any atom is 0.573 e. The van der Waals surface area contributed by atoms with Crippen molar-refractivity contribution < 1.29 is 27.8 Å². The molecule has 9 nitrogen and oxygen atoms in total. The summed E-state index contributed by atoms with van der Waals surface area (Å²) in [7, 11) is 1.45. The molecule has 1 aromatic heterocycles. The molecule has 1 atom stereocenters. The molecule has 1 aromatic carbocycles. The zero-order valence-electron chi connectivity index (χ0n) is 14.6. The van der Waals surface area contributed by atoms with Crippen LogP contribution in [0, 0.1) is 0 Å². The molecule has 12 heteroatoms. The van der Waals surface area contributed by atoms with E-state index in [0.29, 0.717) is 0 Å². The van der Waals surface area contributed by atoms with Crippen LogP contribution in [0.4, 0.5) is 24.7 Å². The van der Waals surface area contributed by atoms with E-state index in [4.69, 9.17) is 9.84 Å². The minimum Gasteiger partial charge on any atom is -0.452 e. The van der Waals surface area contributed by atoms with E-state index < -0.39 is 29.7 Å². The Kier molecular flexibility index (Phi) is 5.23. The third kappa shape index (κ3) is 4.06. The lowest BCUT2D eigenvalue weighted by atomic mass is 10.3. The lowest BCUT2D eigenvalue weighted by molar-refractivity contribution is -0.274. The largest absolute Gasteiger partial charge is 0.573 e. The molecule has 0 saturated heterocycles. The lowest BCUT2D eigenvalue weighted by Crippen LogP contribution is -2.39. The van der Waals surface area contributed by atoms with E-state index in [1.54, 1.807) is 0 Å². The number of hydrogen-bond acceptors (Lipinski definition) is 7. The SMILES string of the molecule is Cn1c2c(c(=O)n(CCCO)c1=O)NC(Oc1cccc(OC(F)(F)F)c1)N2. The molecule has 0 spiro atoms. The Balaban J connectivity index is 1.81. The molecular formula is C16H17F3N4O5. The van der Waals surface area contributed by atoms with Crippen molar-refractivity contribution in [3.8, 4) is 11.5 Å².